The summed E-state index contributed by atoms with van der Waals surface area (Å²) in [6.45, 7) is 0. The van der Waals surface area contributed by atoms with Crippen LogP contribution in [0, 0.1) is 0 Å². The molecular formula is C28H38N4O6. The van der Waals surface area contributed by atoms with Crippen LogP contribution < -0.4 is 20.3 Å². The number of aromatic hydroxyl groups is 2. The van der Waals surface area contributed by atoms with Crippen LogP contribution in [0.3, 0.4) is 0 Å². The maximum absolute atomic E-state index is 11.9. The highest BCUT2D eigenvalue weighted by Gasteiger charge is 2.04. The largest absolute Gasteiger partial charge is 0.504 e. The lowest BCUT2D eigenvalue weighted by atomic mass is 10.1. The number of carbonyl (C=O) groups is 2. The van der Waals surface area contributed by atoms with E-state index in [4.69, 9.17) is 9.47 Å². The molecule has 206 valence electrons. The quantitative estimate of drug-likeness (QED) is 0.135. The van der Waals surface area contributed by atoms with Gasteiger partial charge in [-0.3, -0.25) is 9.59 Å². The van der Waals surface area contributed by atoms with Crippen LogP contribution in [0.15, 0.2) is 46.6 Å². The van der Waals surface area contributed by atoms with Crippen molar-refractivity contribution < 1.29 is 29.3 Å². The minimum absolute atomic E-state index is 0.0488. The molecule has 0 aliphatic rings. The van der Waals surface area contributed by atoms with Crippen molar-refractivity contribution in [3.05, 3.63) is 47.5 Å². The molecule has 38 heavy (non-hydrogen) atoms. The summed E-state index contributed by atoms with van der Waals surface area (Å²) in [5, 5.41) is 27.1. The van der Waals surface area contributed by atoms with Crippen molar-refractivity contribution in [2.75, 3.05) is 14.2 Å². The minimum atomic E-state index is -0.127. The fourth-order valence-corrected chi connectivity index (χ4v) is 3.65. The number of amides is 2. The number of hydrazone groups is 2. The first kappa shape index (κ1) is 30.1. The molecule has 10 nitrogen and oxygen atoms in total. The molecule has 2 aromatic rings. The van der Waals surface area contributed by atoms with E-state index in [2.05, 4.69) is 21.1 Å². The molecule has 0 spiro atoms. The van der Waals surface area contributed by atoms with Crippen molar-refractivity contribution in [1.29, 1.82) is 0 Å². The second-order valence-electron chi connectivity index (χ2n) is 8.78. The van der Waals surface area contributed by atoms with E-state index in [9.17, 15) is 19.8 Å². The molecule has 2 amide bonds. The van der Waals surface area contributed by atoms with Crippen LogP contribution >= 0.6 is 0 Å². The Morgan fingerprint density at radius 2 is 1.05 bits per heavy atom. The Bertz CT molecular complexity index is 1000. The SMILES string of the molecule is COc1cc(C=NNC(=O)CCCCCCCCCCC(=O)NN=Cc2ccc(O)c(OC)c2)ccc1O. The van der Waals surface area contributed by atoms with Gasteiger partial charge in [-0.05, 0) is 60.4 Å². The van der Waals surface area contributed by atoms with Gasteiger partial charge >= 0.3 is 0 Å². The summed E-state index contributed by atoms with van der Waals surface area (Å²) in [6.07, 6.45) is 11.8. The number of benzene rings is 2. The van der Waals surface area contributed by atoms with Gasteiger partial charge in [0.1, 0.15) is 0 Å². The lowest BCUT2D eigenvalue weighted by Gasteiger charge is -2.04. The topological polar surface area (TPSA) is 142 Å². The Kier molecular flexibility index (Phi) is 13.8. The molecule has 0 radical (unpaired) electrons. The molecule has 10 heteroatoms. The van der Waals surface area contributed by atoms with Crippen LogP contribution in [0.4, 0.5) is 0 Å². The number of ether oxygens (including phenoxy) is 2. The van der Waals surface area contributed by atoms with Crippen molar-refractivity contribution in [2.24, 2.45) is 10.2 Å². The molecule has 0 saturated carbocycles. The van der Waals surface area contributed by atoms with Gasteiger partial charge in [0, 0.05) is 12.8 Å². The van der Waals surface area contributed by atoms with Gasteiger partial charge < -0.3 is 19.7 Å². The fraction of sp³-hybridized carbons (Fsp3) is 0.429. The predicted octanol–water partition coefficient (Wildman–Crippen LogP) is 4.62. The molecule has 0 fully saturated rings. The van der Waals surface area contributed by atoms with Gasteiger partial charge in [-0.15, -0.1) is 0 Å². The third kappa shape index (κ3) is 11.8. The van der Waals surface area contributed by atoms with Crippen LogP contribution in [-0.2, 0) is 9.59 Å². The number of carbonyl (C=O) groups excluding carboxylic acids is 2. The molecule has 4 N–H and O–H groups in total. The first-order chi connectivity index (χ1) is 18.4. The van der Waals surface area contributed by atoms with E-state index >= 15 is 0 Å². The molecule has 0 heterocycles. The normalized spacial score (nSPS) is 11.1. The monoisotopic (exact) mass is 526 g/mol. The van der Waals surface area contributed by atoms with Gasteiger partial charge in [0.15, 0.2) is 23.0 Å². The Balaban J connectivity index is 1.44. The van der Waals surface area contributed by atoms with E-state index in [1.807, 2.05) is 0 Å². The number of hydrogen-bond acceptors (Lipinski definition) is 8. The lowest BCUT2D eigenvalue weighted by Crippen LogP contribution is -2.16. The third-order valence-corrected chi connectivity index (χ3v) is 5.77. The number of methoxy groups -OCH3 is 2. The first-order valence-corrected chi connectivity index (χ1v) is 12.8. The van der Waals surface area contributed by atoms with E-state index in [1.54, 1.807) is 24.3 Å². The molecular weight excluding hydrogens is 488 g/mol. The molecule has 0 saturated heterocycles. The average Bonchev–Trinajstić information content (AvgIpc) is 2.91. The van der Waals surface area contributed by atoms with Gasteiger partial charge in [0.05, 0.1) is 26.6 Å². The maximum Gasteiger partial charge on any atom is 0.240 e. The molecule has 0 unspecified atom stereocenters. The van der Waals surface area contributed by atoms with E-state index in [-0.39, 0.29) is 23.3 Å². The Labute approximate surface area is 223 Å². The zero-order valence-electron chi connectivity index (χ0n) is 22.1. The summed E-state index contributed by atoms with van der Waals surface area (Å²) in [7, 11) is 2.94. The number of nitrogens with one attached hydrogen (secondary N) is 2. The van der Waals surface area contributed by atoms with E-state index < -0.39 is 0 Å². The summed E-state index contributed by atoms with van der Waals surface area (Å²) < 4.78 is 10.1. The number of nitrogens with zero attached hydrogens (tertiary/aromatic N) is 2. The van der Waals surface area contributed by atoms with Gasteiger partial charge in [-0.25, -0.2) is 10.9 Å². The highest BCUT2D eigenvalue weighted by Crippen LogP contribution is 2.26. The van der Waals surface area contributed by atoms with Crippen LogP contribution in [0.1, 0.15) is 75.3 Å². The molecule has 2 aromatic carbocycles. The molecule has 0 aliphatic heterocycles. The third-order valence-electron chi connectivity index (χ3n) is 5.77. The molecule has 0 aromatic heterocycles. The Hall–Kier alpha value is -4.08. The van der Waals surface area contributed by atoms with Crippen LogP contribution in [0.25, 0.3) is 0 Å². The van der Waals surface area contributed by atoms with Gasteiger partial charge in [0.25, 0.3) is 0 Å². The summed E-state index contributed by atoms with van der Waals surface area (Å²) in [6, 6.07) is 9.64. The van der Waals surface area contributed by atoms with Crippen molar-refractivity contribution in [3.8, 4) is 23.0 Å². The summed E-state index contributed by atoms with van der Waals surface area (Å²) >= 11 is 0. The fourth-order valence-electron chi connectivity index (χ4n) is 3.65. The van der Waals surface area contributed by atoms with E-state index in [0.717, 1.165) is 51.4 Å². The van der Waals surface area contributed by atoms with Gasteiger partial charge in [-0.1, -0.05) is 38.5 Å². The predicted molar refractivity (Wildman–Crippen MR) is 147 cm³/mol. The zero-order valence-corrected chi connectivity index (χ0v) is 22.1. The minimum Gasteiger partial charge on any atom is -0.504 e. The van der Waals surface area contributed by atoms with Crippen molar-refractivity contribution >= 4 is 24.2 Å². The zero-order chi connectivity index (χ0) is 27.6. The highest BCUT2D eigenvalue weighted by atomic mass is 16.5. The van der Waals surface area contributed by atoms with Gasteiger partial charge in [-0.2, -0.15) is 10.2 Å². The average molecular weight is 527 g/mol. The number of phenolic OH excluding ortho intramolecular Hbond substituents is 2. The first-order valence-electron chi connectivity index (χ1n) is 12.8. The van der Waals surface area contributed by atoms with Crippen LogP contribution in [0.5, 0.6) is 23.0 Å². The Morgan fingerprint density at radius 1 is 0.684 bits per heavy atom. The number of hydrogen-bond donors (Lipinski definition) is 4. The molecule has 0 bridgehead atoms. The Morgan fingerprint density at radius 3 is 1.42 bits per heavy atom. The maximum atomic E-state index is 11.9. The molecule has 0 atom stereocenters. The lowest BCUT2D eigenvalue weighted by molar-refractivity contribution is -0.122. The smallest absolute Gasteiger partial charge is 0.240 e. The van der Waals surface area contributed by atoms with Gasteiger partial charge in [0.2, 0.25) is 11.8 Å². The van der Waals surface area contributed by atoms with Crippen molar-refractivity contribution in [2.45, 2.75) is 64.2 Å². The van der Waals surface area contributed by atoms with Crippen LogP contribution in [0.2, 0.25) is 0 Å². The number of phenols is 2. The van der Waals surface area contributed by atoms with Crippen molar-refractivity contribution in [1.82, 2.24) is 10.9 Å². The van der Waals surface area contributed by atoms with E-state index in [1.165, 1.54) is 38.8 Å². The number of rotatable bonds is 17. The molecule has 0 aliphatic carbocycles. The van der Waals surface area contributed by atoms with Crippen molar-refractivity contribution in [3.63, 3.8) is 0 Å². The summed E-state index contributed by atoms with van der Waals surface area (Å²) in [5.74, 6) is 0.538. The van der Waals surface area contributed by atoms with Crippen LogP contribution in [-0.4, -0.2) is 48.7 Å². The second kappa shape index (κ2) is 17.4. The standard InChI is InChI=1S/C28H38N4O6/c1-37-25-17-21(13-15-23(25)33)19-29-31-27(35)11-9-7-5-3-4-6-8-10-12-28(36)32-30-20-22-14-16-24(34)26(18-22)38-2/h13-20,33-34H,3-12H2,1-2H3,(H,31,35)(H,32,36). The molecule has 2 rings (SSSR count). The second-order valence-corrected chi connectivity index (χ2v) is 8.78. The summed E-state index contributed by atoms with van der Waals surface area (Å²) in [4.78, 5) is 23.8. The number of unbranched alkanes of at least 4 members (excludes halogenated alkanes) is 7. The highest BCUT2D eigenvalue weighted by molar-refractivity contribution is 5.84. The van der Waals surface area contributed by atoms with E-state index in [0.29, 0.717) is 35.5 Å². The summed E-state index contributed by atoms with van der Waals surface area (Å²) in [5.41, 5.74) is 6.45.